The van der Waals surface area contributed by atoms with E-state index >= 15 is 0 Å². The molecule has 0 radical (unpaired) electrons. The summed E-state index contributed by atoms with van der Waals surface area (Å²) in [7, 11) is 0. The standard InChI is InChI=1S/C15H14F3NO/c16-12-6-10(7-13(17)14(12)18)15(20)11(8-19)9-4-2-1-3-5-9/h1-7,11,15,20H,8,19H2. The monoisotopic (exact) mass is 281 g/mol. The van der Waals surface area contributed by atoms with Crippen molar-refractivity contribution in [3.05, 3.63) is 71.0 Å². The van der Waals surface area contributed by atoms with Gasteiger partial charge in [-0.2, -0.15) is 0 Å². The number of hydrogen-bond donors (Lipinski definition) is 2. The van der Waals surface area contributed by atoms with E-state index < -0.39 is 29.5 Å². The Hall–Kier alpha value is -1.85. The second kappa shape index (κ2) is 6.07. The van der Waals surface area contributed by atoms with Crippen molar-refractivity contribution in [2.75, 3.05) is 6.54 Å². The van der Waals surface area contributed by atoms with Crippen molar-refractivity contribution in [3.8, 4) is 0 Å². The van der Waals surface area contributed by atoms with Gasteiger partial charge in [-0.05, 0) is 23.3 Å². The molecule has 0 aromatic heterocycles. The van der Waals surface area contributed by atoms with Crippen LogP contribution in [-0.4, -0.2) is 11.7 Å². The minimum Gasteiger partial charge on any atom is -0.388 e. The Morgan fingerprint density at radius 3 is 2.00 bits per heavy atom. The quantitative estimate of drug-likeness (QED) is 0.846. The largest absolute Gasteiger partial charge is 0.388 e. The molecule has 2 rings (SSSR count). The smallest absolute Gasteiger partial charge is 0.194 e. The zero-order valence-corrected chi connectivity index (χ0v) is 10.6. The third-order valence-corrected chi connectivity index (χ3v) is 3.21. The van der Waals surface area contributed by atoms with E-state index in [1.54, 1.807) is 30.3 Å². The molecule has 2 aromatic rings. The fraction of sp³-hybridized carbons (Fsp3) is 0.200. The van der Waals surface area contributed by atoms with E-state index in [-0.39, 0.29) is 12.1 Å². The fourth-order valence-corrected chi connectivity index (χ4v) is 2.13. The predicted octanol–water partition coefficient (Wildman–Crippen LogP) is 2.88. The first kappa shape index (κ1) is 14.6. The summed E-state index contributed by atoms with van der Waals surface area (Å²) in [5, 5.41) is 10.2. The molecule has 106 valence electrons. The molecule has 0 bridgehead atoms. The third kappa shape index (κ3) is 2.84. The van der Waals surface area contributed by atoms with Gasteiger partial charge in [0, 0.05) is 12.5 Å². The zero-order chi connectivity index (χ0) is 14.7. The van der Waals surface area contributed by atoms with Crippen molar-refractivity contribution in [1.29, 1.82) is 0 Å². The maximum atomic E-state index is 13.2. The topological polar surface area (TPSA) is 46.2 Å². The molecule has 0 saturated heterocycles. The molecule has 0 aliphatic rings. The van der Waals surface area contributed by atoms with Gasteiger partial charge in [0.05, 0.1) is 6.10 Å². The highest BCUT2D eigenvalue weighted by molar-refractivity contribution is 5.28. The van der Waals surface area contributed by atoms with Crippen LogP contribution in [-0.2, 0) is 0 Å². The van der Waals surface area contributed by atoms with Gasteiger partial charge in [0.15, 0.2) is 17.5 Å². The minimum atomic E-state index is -1.55. The average molecular weight is 281 g/mol. The van der Waals surface area contributed by atoms with Crippen molar-refractivity contribution in [2.45, 2.75) is 12.0 Å². The van der Waals surface area contributed by atoms with Gasteiger partial charge in [-0.3, -0.25) is 0 Å². The number of nitrogens with two attached hydrogens (primary N) is 1. The highest BCUT2D eigenvalue weighted by atomic mass is 19.2. The summed E-state index contributed by atoms with van der Waals surface area (Å²) in [4.78, 5) is 0. The normalized spacial score (nSPS) is 14.1. The number of aliphatic hydroxyl groups is 1. The van der Waals surface area contributed by atoms with Gasteiger partial charge in [-0.1, -0.05) is 30.3 Å². The number of benzene rings is 2. The minimum absolute atomic E-state index is 0.0410. The molecule has 20 heavy (non-hydrogen) atoms. The van der Waals surface area contributed by atoms with Gasteiger partial charge in [0.25, 0.3) is 0 Å². The summed E-state index contributed by atoms with van der Waals surface area (Å²) in [5.74, 6) is -4.74. The molecule has 0 aliphatic carbocycles. The van der Waals surface area contributed by atoms with E-state index in [0.29, 0.717) is 0 Å². The van der Waals surface area contributed by atoms with E-state index in [1.807, 2.05) is 0 Å². The first-order valence-corrected chi connectivity index (χ1v) is 6.12. The number of hydrogen-bond acceptors (Lipinski definition) is 2. The molecule has 2 aromatic carbocycles. The van der Waals surface area contributed by atoms with Crippen LogP contribution in [0, 0.1) is 17.5 Å². The number of halogens is 3. The van der Waals surface area contributed by atoms with Gasteiger partial charge < -0.3 is 10.8 Å². The lowest BCUT2D eigenvalue weighted by Gasteiger charge is -2.22. The summed E-state index contributed by atoms with van der Waals surface area (Å²) < 4.78 is 39.3. The van der Waals surface area contributed by atoms with Gasteiger partial charge >= 0.3 is 0 Å². The molecule has 0 amide bonds. The lowest BCUT2D eigenvalue weighted by Crippen LogP contribution is -2.20. The maximum absolute atomic E-state index is 13.2. The molecular weight excluding hydrogens is 267 g/mol. The van der Waals surface area contributed by atoms with Gasteiger partial charge in [0.1, 0.15) is 0 Å². The fourth-order valence-electron chi connectivity index (χ4n) is 2.13. The van der Waals surface area contributed by atoms with Crippen molar-refractivity contribution >= 4 is 0 Å². The van der Waals surface area contributed by atoms with Gasteiger partial charge in [0.2, 0.25) is 0 Å². The van der Waals surface area contributed by atoms with Crippen molar-refractivity contribution in [3.63, 3.8) is 0 Å². The third-order valence-electron chi connectivity index (χ3n) is 3.21. The lowest BCUT2D eigenvalue weighted by atomic mass is 9.89. The highest BCUT2D eigenvalue weighted by Crippen LogP contribution is 2.31. The van der Waals surface area contributed by atoms with E-state index in [4.69, 9.17) is 5.73 Å². The first-order chi connectivity index (χ1) is 9.54. The molecule has 2 atom stereocenters. The Bertz CT molecular complexity index is 566. The summed E-state index contributed by atoms with van der Waals surface area (Å²) in [6.45, 7) is 0.0891. The number of aliphatic hydroxyl groups excluding tert-OH is 1. The van der Waals surface area contributed by atoms with E-state index in [0.717, 1.165) is 17.7 Å². The summed E-state index contributed by atoms with van der Waals surface area (Å²) in [6, 6.07) is 10.4. The molecule has 5 heteroatoms. The highest BCUT2D eigenvalue weighted by Gasteiger charge is 2.24. The van der Waals surface area contributed by atoms with Crippen molar-refractivity contribution < 1.29 is 18.3 Å². The Morgan fingerprint density at radius 2 is 1.50 bits per heavy atom. The van der Waals surface area contributed by atoms with Crippen LogP contribution in [0.2, 0.25) is 0 Å². The van der Waals surface area contributed by atoms with Crippen LogP contribution >= 0.6 is 0 Å². The first-order valence-electron chi connectivity index (χ1n) is 6.12. The van der Waals surface area contributed by atoms with E-state index in [1.165, 1.54) is 0 Å². The van der Waals surface area contributed by atoms with Crippen LogP contribution in [0.15, 0.2) is 42.5 Å². The van der Waals surface area contributed by atoms with Crippen LogP contribution in [0.3, 0.4) is 0 Å². The Balaban J connectivity index is 2.36. The van der Waals surface area contributed by atoms with Crippen LogP contribution in [0.1, 0.15) is 23.1 Å². The second-order valence-corrected chi connectivity index (χ2v) is 4.50. The SMILES string of the molecule is NCC(c1ccccc1)C(O)c1cc(F)c(F)c(F)c1. The Kier molecular flexibility index (Phi) is 4.42. The summed E-state index contributed by atoms with van der Waals surface area (Å²) >= 11 is 0. The maximum Gasteiger partial charge on any atom is 0.194 e. The molecule has 0 heterocycles. The zero-order valence-electron chi connectivity index (χ0n) is 10.6. The van der Waals surface area contributed by atoms with Gasteiger partial charge in [-0.15, -0.1) is 0 Å². The molecule has 2 unspecified atom stereocenters. The molecular formula is C15H14F3NO. The van der Waals surface area contributed by atoms with Crippen LogP contribution < -0.4 is 5.73 Å². The molecule has 3 N–H and O–H groups in total. The predicted molar refractivity (Wildman–Crippen MR) is 69.5 cm³/mol. The molecule has 0 aliphatic heterocycles. The van der Waals surface area contributed by atoms with Crippen LogP contribution in [0.25, 0.3) is 0 Å². The Labute approximate surface area is 114 Å². The van der Waals surface area contributed by atoms with Crippen molar-refractivity contribution in [2.24, 2.45) is 5.73 Å². The van der Waals surface area contributed by atoms with E-state index in [9.17, 15) is 18.3 Å². The van der Waals surface area contributed by atoms with Crippen LogP contribution in [0.5, 0.6) is 0 Å². The van der Waals surface area contributed by atoms with Crippen LogP contribution in [0.4, 0.5) is 13.2 Å². The molecule has 0 spiro atoms. The van der Waals surface area contributed by atoms with E-state index in [2.05, 4.69) is 0 Å². The molecule has 2 nitrogen and oxygen atoms in total. The molecule has 0 saturated carbocycles. The number of rotatable bonds is 4. The molecule has 0 fully saturated rings. The van der Waals surface area contributed by atoms with Crippen molar-refractivity contribution in [1.82, 2.24) is 0 Å². The second-order valence-electron chi connectivity index (χ2n) is 4.50. The summed E-state index contributed by atoms with van der Waals surface area (Å²) in [5.41, 5.74) is 6.33. The Morgan fingerprint density at radius 1 is 0.950 bits per heavy atom. The average Bonchev–Trinajstić information content (AvgIpc) is 2.46. The summed E-state index contributed by atoms with van der Waals surface area (Å²) in [6.07, 6.45) is -1.22. The lowest BCUT2D eigenvalue weighted by molar-refractivity contribution is 0.146. The van der Waals surface area contributed by atoms with Gasteiger partial charge in [-0.25, -0.2) is 13.2 Å².